The molecule has 2 amide bonds. The van der Waals surface area contributed by atoms with Crippen LogP contribution in [0.25, 0.3) is 11.4 Å². The summed E-state index contributed by atoms with van der Waals surface area (Å²) in [5.74, 6) is -1.18. The van der Waals surface area contributed by atoms with Crippen LogP contribution in [0.3, 0.4) is 0 Å². The number of likely N-dealkylation sites (tertiary alicyclic amines) is 1. The SMILES string of the molecule is C[C@H]1OC2(CCN(C(=O)c3ncc(Cl)cc3O)CC2)c2c1n(CC(=O)Nc1ccc(C(F)(F)F)cc1Cl)c1nc(C3=CCOCC3)nn1c2=O. The molecule has 0 bridgehead atoms. The van der Waals surface area contributed by atoms with E-state index < -0.39 is 47.4 Å². The first-order valence-corrected chi connectivity index (χ1v) is 16.3. The molecule has 262 valence electrons. The van der Waals surface area contributed by atoms with Gasteiger partial charge in [0.05, 0.1) is 51.9 Å². The molecule has 1 spiro atoms. The number of carbonyl (C=O) groups excluding carboxylic acids is 2. The zero-order valence-electron chi connectivity index (χ0n) is 26.3. The summed E-state index contributed by atoms with van der Waals surface area (Å²) in [6.07, 6.45) is -1.36. The maximum Gasteiger partial charge on any atom is 0.416 e. The van der Waals surface area contributed by atoms with Gasteiger partial charge in [-0.25, -0.2) is 4.98 Å². The van der Waals surface area contributed by atoms with E-state index in [-0.39, 0.29) is 70.3 Å². The molecule has 1 aromatic carbocycles. The standard InChI is InChI=1S/C32H28Cl2F3N7O6/c1-16-26-24(31(50-16)6-8-42(9-7-31)29(48)25-22(45)13-19(33)14-38-25)28(47)44-30(40-27(41-44)17-4-10-49-11-5-17)43(26)15-23(46)39-21-3-2-18(12-20(21)34)32(35,36)37/h2-4,12-14,16,45H,5-11,15H2,1H3,(H,39,46)/t16-/m1/s1. The van der Waals surface area contributed by atoms with Gasteiger partial charge in [-0.15, -0.1) is 5.10 Å². The number of fused-ring (bicyclic) bond motifs is 3. The molecule has 0 unspecified atom stereocenters. The van der Waals surface area contributed by atoms with Crippen molar-refractivity contribution in [2.75, 3.05) is 31.6 Å². The number of nitrogens with zero attached hydrogens (tertiary/aromatic N) is 6. The van der Waals surface area contributed by atoms with E-state index in [0.29, 0.717) is 25.3 Å². The largest absolute Gasteiger partial charge is 0.505 e. The highest BCUT2D eigenvalue weighted by Crippen LogP contribution is 2.48. The van der Waals surface area contributed by atoms with Gasteiger partial charge < -0.3 is 29.4 Å². The van der Waals surface area contributed by atoms with E-state index in [0.717, 1.165) is 28.3 Å². The fourth-order valence-corrected chi connectivity index (χ4v) is 7.09. The highest BCUT2D eigenvalue weighted by Gasteiger charge is 2.50. The average molecular weight is 735 g/mol. The highest BCUT2D eigenvalue weighted by atomic mass is 35.5. The number of amides is 2. The van der Waals surface area contributed by atoms with Crippen molar-refractivity contribution in [2.24, 2.45) is 0 Å². The molecule has 1 fully saturated rings. The van der Waals surface area contributed by atoms with Gasteiger partial charge in [-0.2, -0.15) is 22.7 Å². The van der Waals surface area contributed by atoms with Crippen LogP contribution in [0, 0.1) is 0 Å². The molecular weight excluding hydrogens is 706 g/mol. The smallest absolute Gasteiger partial charge is 0.416 e. The number of carbonyl (C=O) groups is 2. The topological polar surface area (TPSA) is 153 Å². The Balaban J connectivity index is 1.26. The Bertz CT molecular complexity index is 2140. The predicted molar refractivity (Wildman–Crippen MR) is 173 cm³/mol. The van der Waals surface area contributed by atoms with E-state index >= 15 is 0 Å². The number of nitrogens with one attached hydrogen (secondary N) is 1. The number of pyridine rings is 1. The minimum Gasteiger partial charge on any atom is -0.505 e. The minimum absolute atomic E-state index is 0.0353. The molecule has 1 atom stereocenters. The first-order chi connectivity index (χ1) is 23.8. The lowest BCUT2D eigenvalue weighted by Gasteiger charge is -2.39. The van der Waals surface area contributed by atoms with Gasteiger partial charge >= 0.3 is 6.18 Å². The molecule has 0 saturated carbocycles. The van der Waals surface area contributed by atoms with E-state index in [1.54, 1.807) is 6.92 Å². The van der Waals surface area contributed by atoms with Crippen molar-refractivity contribution >= 4 is 52.1 Å². The Morgan fingerprint density at radius 3 is 2.60 bits per heavy atom. The average Bonchev–Trinajstić information content (AvgIpc) is 3.64. The van der Waals surface area contributed by atoms with Gasteiger partial charge in [0.15, 0.2) is 11.5 Å². The molecule has 50 heavy (non-hydrogen) atoms. The lowest BCUT2D eigenvalue weighted by Crippen LogP contribution is -2.47. The Kier molecular flexibility index (Phi) is 8.61. The van der Waals surface area contributed by atoms with E-state index in [1.165, 1.54) is 21.7 Å². The third-order valence-corrected chi connectivity index (χ3v) is 9.56. The number of piperidine rings is 1. The normalized spacial score (nSPS) is 18.7. The highest BCUT2D eigenvalue weighted by molar-refractivity contribution is 6.33. The summed E-state index contributed by atoms with van der Waals surface area (Å²) in [7, 11) is 0. The van der Waals surface area contributed by atoms with E-state index in [9.17, 15) is 32.7 Å². The summed E-state index contributed by atoms with van der Waals surface area (Å²) in [5, 5.41) is 17.2. The van der Waals surface area contributed by atoms with Crippen LogP contribution >= 0.6 is 23.2 Å². The van der Waals surface area contributed by atoms with Crippen LogP contribution < -0.4 is 10.9 Å². The summed E-state index contributed by atoms with van der Waals surface area (Å²) >= 11 is 12.0. The second-order valence-corrected chi connectivity index (χ2v) is 13.0. The van der Waals surface area contributed by atoms with Crippen molar-refractivity contribution in [3.63, 3.8) is 0 Å². The predicted octanol–water partition coefficient (Wildman–Crippen LogP) is 4.98. The molecular formula is C32H28Cl2F3N7O6. The van der Waals surface area contributed by atoms with Gasteiger partial charge in [-0.05, 0) is 50.0 Å². The van der Waals surface area contributed by atoms with Gasteiger partial charge in [0.25, 0.3) is 11.5 Å². The Hall–Kier alpha value is -4.51. The van der Waals surface area contributed by atoms with Crippen molar-refractivity contribution in [3.05, 3.63) is 85.3 Å². The van der Waals surface area contributed by atoms with Gasteiger partial charge in [-0.3, -0.25) is 14.4 Å². The summed E-state index contributed by atoms with van der Waals surface area (Å²) in [4.78, 5) is 51.2. The Morgan fingerprint density at radius 2 is 1.94 bits per heavy atom. The maximum absolute atomic E-state index is 14.3. The fraction of sp³-hybridized carbons (Fsp3) is 0.375. The third kappa shape index (κ3) is 5.99. The van der Waals surface area contributed by atoms with Crippen molar-refractivity contribution in [1.29, 1.82) is 0 Å². The van der Waals surface area contributed by atoms with Crippen molar-refractivity contribution in [1.82, 2.24) is 29.0 Å². The molecule has 18 heteroatoms. The number of alkyl halides is 3. The lowest BCUT2D eigenvalue weighted by atomic mass is 9.85. The van der Waals surface area contributed by atoms with E-state index in [2.05, 4.69) is 20.4 Å². The van der Waals surface area contributed by atoms with Crippen LogP contribution in [-0.4, -0.2) is 72.3 Å². The van der Waals surface area contributed by atoms with Gasteiger partial charge in [0.1, 0.15) is 17.9 Å². The van der Waals surface area contributed by atoms with Gasteiger partial charge in [0.2, 0.25) is 11.7 Å². The Morgan fingerprint density at radius 1 is 1.18 bits per heavy atom. The lowest BCUT2D eigenvalue weighted by molar-refractivity contribution is -0.137. The number of aromatic nitrogens is 5. The van der Waals surface area contributed by atoms with E-state index in [4.69, 9.17) is 32.7 Å². The van der Waals surface area contributed by atoms with Crippen molar-refractivity contribution < 1.29 is 37.3 Å². The molecule has 3 aromatic heterocycles. The maximum atomic E-state index is 14.3. The fourth-order valence-electron chi connectivity index (χ4n) is 6.71. The number of benzene rings is 1. The summed E-state index contributed by atoms with van der Waals surface area (Å²) in [6.45, 7) is 2.39. The van der Waals surface area contributed by atoms with Gasteiger partial charge in [0, 0.05) is 25.4 Å². The summed E-state index contributed by atoms with van der Waals surface area (Å²) in [5.41, 5.74) is -1.42. The molecule has 0 aliphatic carbocycles. The first kappa shape index (κ1) is 34.0. The molecule has 3 aliphatic rings. The van der Waals surface area contributed by atoms with Crippen LogP contribution in [-0.2, 0) is 32.6 Å². The molecule has 2 N–H and O–H groups in total. The molecule has 7 rings (SSSR count). The summed E-state index contributed by atoms with van der Waals surface area (Å²) < 4.78 is 54.2. The van der Waals surface area contributed by atoms with Crippen LogP contribution in [0.15, 0.2) is 41.3 Å². The Labute approximate surface area is 291 Å². The number of hydrogen-bond donors (Lipinski definition) is 2. The van der Waals surface area contributed by atoms with Crippen molar-refractivity contribution in [2.45, 2.75) is 50.6 Å². The summed E-state index contributed by atoms with van der Waals surface area (Å²) in [6, 6.07) is 3.82. The number of anilines is 1. The quantitative estimate of drug-likeness (QED) is 0.289. The molecule has 1 saturated heterocycles. The van der Waals surface area contributed by atoms with E-state index in [1.807, 2.05) is 6.08 Å². The molecule has 6 heterocycles. The zero-order valence-corrected chi connectivity index (χ0v) is 27.8. The minimum atomic E-state index is -4.62. The van der Waals surface area contributed by atoms with Gasteiger partial charge in [-0.1, -0.05) is 29.3 Å². The monoisotopic (exact) mass is 733 g/mol. The molecule has 0 radical (unpaired) electrons. The number of ether oxygens (including phenoxy) is 2. The van der Waals surface area contributed by atoms with Crippen LogP contribution in [0.5, 0.6) is 5.75 Å². The number of hydrogen-bond acceptors (Lipinski definition) is 9. The first-order valence-electron chi connectivity index (χ1n) is 15.5. The second kappa shape index (κ2) is 12.7. The second-order valence-electron chi connectivity index (χ2n) is 12.2. The van der Waals surface area contributed by atoms with Crippen LogP contribution in [0.2, 0.25) is 10.0 Å². The molecule has 13 nitrogen and oxygen atoms in total. The number of rotatable bonds is 5. The van der Waals surface area contributed by atoms with Crippen LogP contribution in [0.4, 0.5) is 18.9 Å². The molecule has 3 aliphatic heterocycles. The van der Waals surface area contributed by atoms with Crippen LogP contribution in [0.1, 0.15) is 65.4 Å². The molecule has 4 aromatic rings. The zero-order chi connectivity index (χ0) is 35.5. The third-order valence-electron chi connectivity index (χ3n) is 9.05. The van der Waals surface area contributed by atoms with Crippen molar-refractivity contribution in [3.8, 4) is 5.75 Å². The number of aromatic hydroxyl groups is 1. The number of halogens is 5.